The molecule has 3 rings (SSSR count). The van der Waals surface area contributed by atoms with E-state index in [4.69, 9.17) is 22.7 Å². The van der Waals surface area contributed by atoms with Crippen molar-refractivity contribution in [3.8, 4) is 11.1 Å². The number of rotatable bonds is 3. The van der Waals surface area contributed by atoms with Gasteiger partial charge in [0.25, 0.3) is 0 Å². The molecular weight excluding hydrogens is 268 g/mol. The summed E-state index contributed by atoms with van der Waals surface area (Å²) >= 11 is 6.28. The van der Waals surface area contributed by atoms with Gasteiger partial charge >= 0.3 is 0 Å². The van der Waals surface area contributed by atoms with Crippen molar-refractivity contribution < 1.29 is 0 Å². The predicted octanol–water partition coefficient (Wildman–Crippen LogP) is 4.36. The highest BCUT2D eigenvalue weighted by atomic mass is 35.5. The summed E-state index contributed by atoms with van der Waals surface area (Å²) in [4.78, 5) is 0. The summed E-state index contributed by atoms with van der Waals surface area (Å²) in [6.07, 6.45) is 3.00. The van der Waals surface area contributed by atoms with Gasteiger partial charge in [-0.05, 0) is 41.7 Å². The van der Waals surface area contributed by atoms with Gasteiger partial charge in [-0.1, -0.05) is 54.4 Å². The van der Waals surface area contributed by atoms with Crippen molar-refractivity contribution >= 4 is 17.4 Å². The second kappa shape index (κ2) is 4.95. The second-order valence-electron chi connectivity index (χ2n) is 5.44. The highest BCUT2D eigenvalue weighted by Crippen LogP contribution is 2.45. The SMILES string of the molecule is N=C(N)C1(c2cc(Cl)cc(-c3ccccc3)c2)CCC1. The fourth-order valence-corrected chi connectivity index (χ4v) is 3.14. The highest BCUT2D eigenvalue weighted by molar-refractivity contribution is 6.31. The molecule has 2 aromatic rings. The Kier molecular flexibility index (Phi) is 3.27. The largest absolute Gasteiger partial charge is 0.387 e. The van der Waals surface area contributed by atoms with Crippen molar-refractivity contribution in [1.29, 1.82) is 5.41 Å². The number of nitrogens with two attached hydrogens (primary N) is 1. The van der Waals surface area contributed by atoms with Crippen LogP contribution in [0.5, 0.6) is 0 Å². The summed E-state index contributed by atoms with van der Waals surface area (Å²) in [6, 6.07) is 16.2. The molecule has 0 aromatic heterocycles. The van der Waals surface area contributed by atoms with Crippen molar-refractivity contribution in [2.45, 2.75) is 24.7 Å². The molecule has 0 unspecified atom stereocenters. The maximum Gasteiger partial charge on any atom is 0.101 e. The number of hydrogen-bond acceptors (Lipinski definition) is 1. The third kappa shape index (κ3) is 2.10. The van der Waals surface area contributed by atoms with E-state index in [1.54, 1.807) is 0 Å². The monoisotopic (exact) mass is 284 g/mol. The predicted molar refractivity (Wildman–Crippen MR) is 84.3 cm³/mol. The van der Waals surface area contributed by atoms with Crippen LogP contribution in [0, 0.1) is 5.41 Å². The van der Waals surface area contributed by atoms with Crippen molar-refractivity contribution in [1.82, 2.24) is 0 Å². The molecule has 3 heteroatoms. The molecule has 0 heterocycles. The summed E-state index contributed by atoms with van der Waals surface area (Å²) in [7, 11) is 0. The van der Waals surface area contributed by atoms with E-state index in [1.807, 2.05) is 30.3 Å². The molecule has 20 heavy (non-hydrogen) atoms. The van der Waals surface area contributed by atoms with Gasteiger partial charge in [0.2, 0.25) is 0 Å². The van der Waals surface area contributed by atoms with Gasteiger partial charge in [-0.2, -0.15) is 0 Å². The van der Waals surface area contributed by atoms with Gasteiger partial charge in [0.15, 0.2) is 0 Å². The molecule has 0 aliphatic heterocycles. The third-order valence-corrected chi connectivity index (χ3v) is 4.50. The van der Waals surface area contributed by atoms with Crippen LogP contribution < -0.4 is 5.73 Å². The minimum atomic E-state index is -0.297. The van der Waals surface area contributed by atoms with E-state index in [1.165, 1.54) is 0 Å². The summed E-state index contributed by atoms with van der Waals surface area (Å²) in [5, 5.41) is 8.62. The summed E-state index contributed by atoms with van der Waals surface area (Å²) in [6.45, 7) is 0. The smallest absolute Gasteiger partial charge is 0.101 e. The quantitative estimate of drug-likeness (QED) is 0.638. The second-order valence-corrected chi connectivity index (χ2v) is 5.88. The van der Waals surface area contributed by atoms with Crippen LogP contribution in [0.15, 0.2) is 48.5 Å². The first-order valence-corrected chi connectivity index (χ1v) is 7.21. The minimum absolute atomic E-state index is 0.255. The first-order valence-electron chi connectivity index (χ1n) is 6.83. The maximum atomic E-state index is 7.92. The number of benzene rings is 2. The standard InChI is InChI=1S/C17H17ClN2/c18-15-10-13(12-5-2-1-3-6-12)9-14(11-15)17(16(19)20)7-4-8-17/h1-3,5-6,9-11H,4,7-8H2,(H3,19,20). The molecule has 0 spiro atoms. The van der Waals surface area contributed by atoms with E-state index in [-0.39, 0.29) is 11.3 Å². The molecule has 0 radical (unpaired) electrons. The Bertz CT molecular complexity index is 645. The molecule has 1 aliphatic rings. The molecular formula is C17H17ClN2. The highest BCUT2D eigenvalue weighted by Gasteiger charge is 2.42. The minimum Gasteiger partial charge on any atom is -0.387 e. The molecule has 1 saturated carbocycles. The Morgan fingerprint density at radius 2 is 1.75 bits per heavy atom. The molecule has 0 atom stereocenters. The normalized spacial score (nSPS) is 16.4. The van der Waals surface area contributed by atoms with Gasteiger partial charge < -0.3 is 5.73 Å². The van der Waals surface area contributed by atoms with Crippen molar-refractivity contribution in [2.24, 2.45) is 5.73 Å². The molecule has 102 valence electrons. The summed E-state index contributed by atoms with van der Waals surface area (Å²) in [5.74, 6) is 0.255. The van der Waals surface area contributed by atoms with Gasteiger partial charge in [0.1, 0.15) is 5.84 Å². The lowest BCUT2D eigenvalue weighted by Crippen LogP contribution is -2.46. The first kappa shape index (κ1) is 13.2. The Morgan fingerprint density at radius 1 is 1.05 bits per heavy atom. The van der Waals surface area contributed by atoms with E-state index < -0.39 is 0 Å². The fraction of sp³-hybridized carbons (Fsp3) is 0.235. The van der Waals surface area contributed by atoms with Gasteiger partial charge in [-0.15, -0.1) is 0 Å². The maximum absolute atomic E-state index is 7.92. The molecule has 1 aliphatic carbocycles. The zero-order chi connectivity index (χ0) is 14.2. The van der Waals surface area contributed by atoms with Crippen LogP contribution in [0.3, 0.4) is 0 Å². The Hall–Kier alpha value is -1.80. The van der Waals surface area contributed by atoms with Crippen LogP contribution in [0.1, 0.15) is 24.8 Å². The van der Waals surface area contributed by atoms with Crippen molar-refractivity contribution in [2.75, 3.05) is 0 Å². The molecule has 2 nitrogen and oxygen atoms in total. The van der Waals surface area contributed by atoms with E-state index in [9.17, 15) is 0 Å². The van der Waals surface area contributed by atoms with E-state index in [2.05, 4.69) is 18.2 Å². The molecule has 0 amide bonds. The van der Waals surface area contributed by atoms with Gasteiger partial charge in [0.05, 0.1) is 5.41 Å². The average molecular weight is 285 g/mol. The Balaban J connectivity index is 2.10. The summed E-state index contributed by atoms with van der Waals surface area (Å²) in [5.41, 5.74) is 8.84. The fourth-order valence-electron chi connectivity index (χ4n) is 2.91. The summed E-state index contributed by atoms with van der Waals surface area (Å²) < 4.78 is 0. The Morgan fingerprint density at radius 3 is 2.30 bits per heavy atom. The van der Waals surface area contributed by atoms with Crippen LogP contribution in [0.4, 0.5) is 0 Å². The van der Waals surface area contributed by atoms with Crippen molar-refractivity contribution in [3.63, 3.8) is 0 Å². The molecule has 1 fully saturated rings. The lowest BCUT2D eigenvalue weighted by Gasteiger charge is -2.41. The van der Waals surface area contributed by atoms with Crippen LogP contribution in [-0.2, 0) is 5.41 Å². The number of amidine groups is 1. The lowest BCUT2D eigenvalue weighted by molar-refractivity contribution is 0.337. The third-order valence-electron chi connectivity index (χ3n) is 4.28. The van der Waals surface area contributed by atoms with Crippen LogP contribution in [0.25, 0.3) is 11.1 Å². The zero-order valence-corrected chi connectivity index (χ0v) is 12.0. The van der Waals surface area contributed by atoms with E-state index in [0.717, 1.165) is 36.0 Å². The first-order chi connectivity index (χ1) is 9.62. The van der Waals surface area contributed by atoms with Gasteiger partial charge in [-0.3, -0.25) is 5.41 Å². The van der Waals surface area contributed by atoms with Crippen molar-refractivity contribution in [3.05, 3.63) is 59.1 Å². The molecule has 0 bridgehead atoms. The van der Waals surface area contributed by atoms with E-state index >= 15 is 0 Å². The topological polar surface area (TPSA) is 49.9 Å². The molecule has 3 N–H and O–H groups in total. The average Bonchev–Trinajstić information content (AvgIpc) is 2.37. The number of hydrogen-bond donors (Lipinski definition) is 2. The lowest BCUT2D eigenvalue weighted by atomic mass is 9.63. The Labute approximate surface area is 124 Å². The van der Waals surface area contributed by atoms with Gasteiger partial charge in [0, 0.05) is 5.02 Å². The zero-order valence-electron chi connectivity index (χ0n) is 11.2. The van der Waals surface area contributed by atoms with Crippen LogP contribution in [-0.4, -0.2) is 5.84 Å². The number of nitrogens with one attached hydrogen (secondary N) is 1. The molecule has 0 saturated heterocycles. The van der Waals surface area contributed by atoms with Crippen LogP contribution in [0.2, 0.25) is 5.02 Å². The number of halogens is 1. The van der Waals surface area contributed by atoms with E-state index in [0.29, 0.717) is 5.02 Å². The molecule has 2 aromatic carbocycles. The van der Waals surface area contributed by atoms with Gasteiger partial charge in [-0.25, -0.2) is 0 Å². The van der Waals surface area contributed by atoms with Crippen LogP contribution >= 0.6 is 11.6 Å².